The highest BCUT2D eigenvalue weighted by Gasteiger charge is 2.35. The van der Waals surface area contributed by atoms with Crippen LogP contribution in [0.3, 0.4) is 0 Å². The first-order valence-corrected chi connectivity index (χ1v) is 9.36. The Morgan fingerprint density at radius 1 is 1.50 bits per heavy atom. The molecule has 3 rings (SSSR count). The average Bonchev–Trinajstić information content (AvgIpc) is 3.17. The van der Waals surface area contributed by atoms with Gasteiger partial charge in [0.2, 0.25) is 0 Å². The van der Waals surface area contributed by atoms with Crippen LogP contribution in [0.2, 0.25) is 0 Å². The van der Waals surface area contributed by atoms with Gasteiger partial charge < -0.3 is 14.5 Å². The smallest absolute Gasteiger partial charge is 0.252 e. The summed E-state index contributed by atoms with van der Waals surface area (Å²) in [5.74, 6) is -0.0000632. The third-order valence-electron chi connectivity index (χ3n) is 4.82. The monoisotopic (exact) mass is 355 g/mol. The molecule has 7 heteroatoms. The summed E-state index contributed by atoms with van der Waals surface area (Å²) < 4.78 is 19.5. The molecule has 0 aliphatic carbocycles. The van der Waals surface area contributed by atoms with E-state index in [9.17, 15) is 9.18 Å². The first kappa shape index (κ1) is 17.8. The van der Waals surface area contributed by atoms with E-state index in [0.717, 1.165) is 13.1 Å². The number of morpholine rings is 1. The van der Waals surface area contributed by atoms with Gasteiger partial charge in [0.15, 0.2) is 0 Å². The van der Waals surface area contributed by atoms with Crippen LogP contribution in [0.5, 0.6) is 0 Å². The second kappa shape index (κ2) is 7.91. The summed E-state index contributed by atoms with van der Waals surface area (Å²) in [5.41, 5.74) is 0. The van der Waals surface area contributed by atoms with E-state index >= 15 is 0 Å². The third-order valence-corrected chi connectivity index (χ3v) is 5.68. The number of thiophene rings is 1. The summed E-state index contributed by atoms with van der Waals surface area (Å²) >= 11 is 1.69. The molecule has 2 saturated heterocycles. The molecule has 2 aliphatic rings. The number of rotatable bonds is 5. The fourth-order valence-electron chi connectivity index (χ4n) is 3.49. The Hall–Kier alpha value is -1.02. The number of likely N-dealkylation sites (N-methyl/N-ethyl adjacent to an activating group) is 2. The molecule has 0 radical (unpaired) electrons. The minimum absolute atomic E-state index is 0.0000632. The van der Waals surface area contributed by atoms with Crippen molar-refractivity contribution in [2.75, 3.05) is 46.9 Å². The van der Waals surface area contributed by atoms with Gasteiger partial charge in [0, 0.05) is 50.7 Å². The van der Waals surface area contributed by atoms with E-state index in [-0.39, 0.29) is 11.9 Å². The average molecular weight is 355 g/mol. The van der Waals surface area contributed by atoms with E-state index in [1.165, 1.54) is 4.88 Å². The van der Waals surface area contributed by atoms with Crippen molar-refractivity contribution in [3.05, 3.63) is 22.4 Å². The van der Waals surface area contributed by atoms with Gasteiger partial charge in [-0.25, -0.2) is 4.39 Å². The normalized spacial score (nSPS) is 29.0. The summed E-state index contributed by atoms with van der Waals surface area (Å²) in [6.07, 6.45) is -0.716. The Kier molecular flexibility index (Phi) is 5.86. The lowest BCUT2D eigenvalue weighted by Gasteiger charge is -2.33. The Morgan fingerprint density at radius 3 is 3.04 bits per heavy atom. The molecule has 1 aromatic rings. The van der Waals surface area contributed by atoms with Crippen LogP contribution >= 0.6 is 11.3 Å². The summed E-state index contributed by atoms with van der Waals surface area (Å²) in [5, 5.41) is 2.04. The molecule has 1 aromatic heterocycles. The van der Waals surface area contributed by atoms with Crippen LogP contribution in [-0.2, 0) is 16.1 Å². The zero-order valence-corrected chi connectivity index (χ0v) is 15.2. The van der Waals surface area contributed by atoms with Crippen molar-refractivity contribution >= 4 is 17.2 Å². The molecule has 0 saturated carbocycles. The third kappa shape index (κ3) is 4.33. The number of hydrogen-bond donors (Lipinski definition) is 0. The van der Waals surface area contributed by atoms with Gasteiger partial charge in [-0.05, 0) is 24.9 Å². The second-order valence-electron chi connectivity index (χ2n) is 6.84. The minimum Gasteiger partial charge on any atom is -0.366 e. The Bertz CT molecular complexity index is 542. The molecule has 0 bridgehead atoms. The van der Waals surface area contributed by atoms with Crippen LogP contribution in [0, 0.1) is 0 Å². The van der Waals surface area contributed by atoms with Crippen molar-refractivity contribution in [2.24, 2.45) is 0 Å². The quantitative estimate of drug-likeness (QED) is 0.801. The largest absolute Gasteiger partial charge is 0.366 e. The topological polar surface area (TPSA) is 36.0 Å². The predicted octanol–water partition coefficient (Wildman–Crippen LogP) is 1.45. The van der Waals surface area contributed by atoms with E-state index in [1.54, 1.807) is 23.3 Å². The van der Waals surface area contributed by atoms with Crippen LogP contribution < -0.4 is 0 Å². The number of alkyl halides is 1. The van der Waals surface area contributed by atoms with Crippen LogP contribution in [0.15, 0.2) is 17.5 Å². The van der Waals surface area contributed by atoms with Crippen molar-refractivity contribution in [2.45, 2.75) is 31.3 Å². The summed E-state index contributed by atoms with van der Waals surface area (Å²) in [7, 11) is 3.80. The lowest BCUT2D eigenvalue weighted by Crippen LogP contribution is -2.51. The lowest BCUT2D eigenvalue weighted by atomic mass is 10.1. The molecule has 0 unspecified atom stereocenters. The lowest BCUT2D eigenvalue weighted by molar-refractivity contribution is -0.148. The number of nitrogens with zero attached hydrogens (tertiary/aromatic N) is 3. The second-order valence-corrected chi connectivity index (χ2v) is 7.87. The summed E-state index contributed by atoms with van der Waals surface area (Å²) in [6.45, 7) is 3.82. The van der Waals surface area contributed by atoms with Gasteiger partial charge in [0.25, 0.3) is 5.91 Å². The molecule has 0 N–H and O–H groups in total. The van der Waals surface area contributed by atoms with Crippen molar-refractivity contribution in [3.63, 3.8) is 0 Å². The zero-order chi connectivity index (χ0) is 17.1. The first-order chi connectivity index (χ1) is 11.5. The fourth-order valence-corrected chi connectivity index (χ4v) is 4.22. The molecule has 2 fully saturated rings. The van der Waals surface area contributed by atoms with Crippen molar-refractivity contribution in [3.8, 4) is 0 Å². The van der Waals surface area contributed by atoms with Gasteiger partial charge >= 0.3 is 0 Å². The molecule has 1 amide bonds. The molecule has 0 aromatic carbocycles. The number of hydrogen-bond acceptors (Lipinski definition) is 5. The Labute approximate surface area is 147 Å². The molecule has 5 nitrogen and oxygen atoms in total. The van der Waals surface area contributed by atoms with Crippen molar-refractivity contribution in [1.82, 2.24) is 14.7 Å². The summed E-state index contributed by atoms with van der Waals surface area (Å²) in [4.78, 5) is 19.8. The molecule has 2 aliphatic heterocycles. The van der Waals surface area contributed by atoms with Crippen molar-refractivity contribution < 1.29 is 13.9 Å². The van der Waals surface area contributed by atoms with Gasteiger partial charge in [0.1, 0.15) is 12.3 Å². The van der Waals surface area contributed by atoms with Crippen LogP contribution in [0.25, 0.3) is 0 Å². The van der Waals surface area contributed by atoms with E-state index in [2.05, 4.69) is 15.9 Å². The van der Waals surface area contributed by atoms with Crippen LogP contribution in [-0.4, -0.2) is 85.8 Å². The molecule has 0 spiro atoms. The van der Waals surface area contributed by atoms with E-state index in [0.29, 0.717) is 32.7 Å². The fraction of sp³-hybridized carbons (Fsp3) is 0.706. The molecule has 24 heavy (non-hydrogen) atoms. The van der Waals surface area contributed by atoms with E-state index in [1.807, 2.05) is 18.5 Å². The van der Waals surface area contributed by atoms with Gasteiger partial charge in [-0.15, -0.1) is 11.3 Å². The molecular formula is C17H26FN3O2S. The highest BCUT2D eigenvalue weighted by Crippen LogP contribution is 2.25. The number of amides is 1. The zero-order valence-electron chi connectivity index (χ0n) is 14.4. The molecule has 3 atom stereocenters. The number of ether oxygens (including phenoxy) is 1. The number of carbonyl (C=O) groups is 1. The van der Waals surface area contributed by atoms with Gasteiger partial charge in [-0.1, -0.05) is 6.07 Å². The van der Waals surface area contributed by atoms with Crippen LogP contribution in [0.4, 0.5) is 4.39 Å². The summed E-state index contributed by atoms with van der Waals surface area (Å²) in [6, 6.07) is 4.16. The molecule has 3 heterocycles. The molecular weight excluding hydrogens is 329 g/mol. The maximum absolute atomic E-state index is 13.9. The number of likely N-dealkylation sites (tertiary alicyclic amines) is 1. The van der Waals surface area contributed by atoms with Gasteiger partial charge in [0.05, 0.1) is 6.61 Å². The Morgan fingerprint density at radius 2 is 2.33 bits per heavy atom. The standard InChI is InChI=1S/C17H26FN3O2S/c1-19-5-6-23-16(12-19)17(22)20(2)10-14-8-13(18)9-21(14)11-15-4-3-7-24-15/h3-4,7,13-14,16H,5-6,8-12H2,1-2H3/t13-,14-,16+/m0/s1. The maximum Gasteiger partial charge on any atom is 0.252 e. The van der Waals surface area contributed by atoms with E-state index in [4.69, 9.17) is 4.74 Å². The first-order valence-electron chi connectivity index (χ1n) is 8.48. The number of carbonyl (C=O) groups excluding carboxylic acids is 1. The SMILES string of the molecule is CN1CCO[C@@H](C(=O)N(C)C[C@@H]2C[C@H](F)CN2Cc2cccs2)C1. The van der Waals surface area contributed by atoms with Crippen molar-refractivity contribution in [1.29, 1.82) is 0 Å². The predicted molar refractivity (Wildman–Crippen MR) is 92.9 cm³/mol. The molecule has 134 valence electrons. The van der Waals surface area contributed by atoms with Crippen LogP contribution in [0.1, 0.15) is 11.3 Å². The Balaban J connectivity index is 1.57. The highest BCUT2D eigenvalue weighted by atomic mass is 32.1. The number of halogens is 1. The van der Waals surface area contributed by atoms with E-state index < -0.39 is 12.3 Å². The maximum atomic E-state index is 13.9. The minimum atomic E-state index is -0.810. The highest BCUT2D eigenvalue weighted by molar-refractivity contribution is 7.09. The van der Waals surface area contributed by atoms with Gasteiger partial charge in [-0.3, -0.25) is 9.69 Å². The van der Waals surface area contributed by atoms with Gasteiger partial charge in [-0.2, -0.15) is 0 Å².